The highest BCUT2D eigenvalue weighted by atomic mass is 16.3. The normalized spacial score (nSPS) is 16.1. The molecule has 1 aliphatic heterocycles. The van der Waals surface area contributed by atoms with Crippen molar-refractivity contribution in [2.45, 2.75) is 45.7 Å². The number of urea groups is 1. The zero-order valence-electron chi connectivity index (χ0n) is 16.6. The third kappa shape index (κ3) is 4.91. The van der Waals surface area contributed by atoms with Gasteiger partial charge in [0, 0.05) is 31.5 Å². The number of piperidine rings is 1. The zero-order chi connectivity index (χ0) is 20.1. The number of hydrogen-bond acceptors (Lipinski definition) is 4. The molecule has 0 radical (unpaired) electrons. The lowest BCUT2D eigenvalue weighted by molar-refractivity contribution is 0.0888. The lowest BCUT2D eigenvalue weighted by Crippen LogP contribution is -2.50. The van der Waals surface area contributed by atoms with Crippen LogP contribution in [0.4, 0.5) is 4.79 Å². The first-order valence-corrected chi connectivity index (χ1v) is 9.76. The number of carbonyl (C=O) groups is 2. The van der Waals surface area contributed by atoms with Crippen LogP contribution in [0.2, 0.25) is 0 Å². The number of likely N-dealkylation sites (tertiary alicyclic amines) is 1. The summed E-state index contributed by atoms with van der Waals surface area (Å²) in [7, 11) is 0. The molecule has 2 aromatic rings. The largest absolute Gasteiger partial charge is 0.456 e. The highest BCUT2D eigenvalue weighted by molar-refractivity contribution is 5.91. The Morgan fingerprint density at radius 2 is 1.82 bits per heavy atom. The van der Waals surface area contributed by atoms with Gasteiger partial charge in [-0.1, -0.05) is 13.8 Å². The lowest BCUT2D eigenvalue weighted by atomic mass is 9.97. The first kappa shape index (κ1) is 19.9. The van der Waals surface area contributed by atoms with Gasteiger partial charge in [0.05, 0.1) is 6.04 Å². The lowest BCUT2D eigenvalue weighted by Gasteiger charge is -2.34. The second-order valence-electron chi connectivity index (χ2n) is 7.60. The molecule has 7 nitrogen and oxygen atoms in total. The third-order valence-corrected chi connectivity index (χ3v) is 5.09. The number of nitrogens with one attached hydrogen (secondary N) is 2. The van der Waals surface area contributed by atoms with Gasteiger partial charge in [0.15, 0.2) is 5.76 Å². The van der Waals surface area contributed by atoms with Crippen LogP contribution >= 0.6 is 0 Å². The van der Waals surface area contributed by atoms with Gasteiger partial charge >= 0.3 is 6.03 Å². The predicted octanol–water partition coefficient (Wildman–Crippen LogP) is 3.28. The molecule has 3 heterocycles. The van der Waals surface area contributed by atoms with Crippen LogP contribution in [-0.2, 0) is 0 Å². The molecule has 0 aliphatic carbocycles. The van der Waals surface area contributed by atoms with Gasteiger partial charge in [0.1, 0.15) is 5.76 Å². The summed E-state index contributed by atoms with van der Waals surface area (Å²) in [5.74, 6) is 1.11. The van der Waals surface area contributed by atoms with Gasteiger partial charge in [0.2, 0.25) is 0 Å². The van der Waals surface area contributed by atoms with E-state index in [1.807, 2.05) is 24.0 Å². The number of hydrogen-bond donors (Lipinski definition) is 2. The fourth-order valence-electron chi connectivity index (χ4n) is 3.47. The molecule has 150 valence electrons. The van der Waals surface area contributed by atoms with Gasteiger partial charge in [-0.25, -0.2) is 4.79 Å². The molecule has 0 bridgehead atoms. The van der Waals surface area contributed by atoms with Crippen molar-refractivity contribution in [1.82, 2.24) is 20.5 Å². The van der Waals surface area contributed by atoms with E-state index in [0.29, 0.717) is 24.6 Å². The fourth-order valence-corrected chi connectivity index (χ4v) is 3.47. The van der Waals surface area contributed by atoms with E-state index in [9.17, 15) is 9.59 Å². The van der Waals surface area contributed by atoms with Crippen LogP contribution in [0.1, 0.15) is 54.6 Å². The van der Waals surface area contributed by atoms with Crippen LogP contribution in [-0.4, -0.2) is 41.0 Å². The van der Waals surface area contributed by atoms with Crippen LogP contribution in [0.3, 0.4) is 0 Å². The minimum atomic E-state index is -0.200. The van der Waals surface area contributed by atoms with Gasteiger partial charge in [-0.2, -0.15) is 0 Å². The molecule has 28 heavy (non-hydrogen) atoms. The molecule has 0 unspecified atom stereocenters. The van der Waals surface area contributed by atoms with Crippen molar-refractivity contribution in [3.8, 4) is 0 Å². The number of pyridine rings is 1. The van der Waals surface area contributed by atoms with E-state index in [1.54, 1.807) is 24.5 Å². The molecule has 1 saturated heterocycles. The van der Waals surface area contributed by atoms with E-state index in [1.165, 1.54) is 0 Å². The zero-order valence-corrected chi connectivity index (χ0v) is 16.6. The van der Waals surface area contributed by atoms with Gasteiger partial charge in [0.25, 0.3) is 5.91 Å². The molecule has 0 spiro atoms. The maximum absolute atomic E-state index is 12.7. The summed E-state index contributed by atoms with van der Waals surface area (Å²) in [5, 5.41) is 6.14. The SMILES string of the molecule is Cc1ccc(C(=O)NC2CCN(C(=O)N[C@@H](c3ccncc3)C(C)C)CC2)o1. The van der Waals surface area contributed by atoms with Crippen molar-refractivity contribution in [3.63, 3.8) is 0 Å². The monoisotopic (exact) mass is 384 g/mol. The molecule has 2 aromatic heterocycles. The second kappa shape index (κ2) is 8.91. The molecule has 0 saturated carbocycles. The Morgan fingerprint density at radius 1 is 1.14 bits per heavy atom. The van der Waals surface area contributed by atoms with Crippen LogP contribution in [0, 0.1) is 12.8 Å². The average Bonchev–Trinajstić information content (AvgIpc) is 3.13. The maximum Gasteiger partial charge on any atom is 0.317 e. The molecule has 1 fully saturated rings. The van der Waals surface area contributed by atoms with Gasteiger partial charge in [-0.15, -0.1) is 0 Å². The highest BCUT2D eigenvalue weighted by Gasteiger charge is 2.27. The number of aromatic nitrogens is 1. The van der Waals surface area contributed by atoms with E-state index < -0.39 is 0 Å². The highest BCUT2D eigenvalue weighted by Crippen LogP contribution is 2.22. The fraction of sp³-hybridized carbons (Fsp3) is 0.476. The van der Waals surface area contributed by atoms with Crippen LogP contribution in [0.15, 0.2) is 41.1 Å². The number of carbonyl (C=O) groups excluding carboxylic acids is 2. The van der Waals surface area contributed by atoms with Crippen molar-refractivity contribution >= 4 is 11.9 Å². The second-order valence-corrected chi connectivity index (χ2v) is 7.60. The first-order chi connectivity index (χ1) is 13.4. The van der Waals surface area contributed by atoms with E-state index in [0.717, 1.165) is 18.4 Å². The van der Waals surface area contributed by atoms with Gasteiger partial charge in [-0.05, 0) is 55.5 Å². The number of rotatable bonds is 5. The quantitative estimate of drug-likeness (QED) is 0.828. The summed E-state index contributed by atoms with van der Waals surface area (Å²) in [6, 6.07) is 7.24. The van der Waals surface area contributed by atoms with Crippen LogP contribution in [0.5, 0.6) is 0 Å². The number of aryl methyl sites for hydroxylation is 1. The van der Waals surface area contributed by atoms with E-state index in [-0.39, 0.29) is 29.9 Å². The Bertz CT molecular complexity index is 795. The Morgan fingerprint density at radius 3 is 2.39 bits per heavy atom. The van der Waals surface area contributed by atoms with Crippen molar-refractivity contribution in [2.75, 3.05) is 13.1 Å². The summed E-state index contributed by atoms with van der Waals surface area (Å²) < 4.78 is 5.36. The van der Waals surface area contributed by atoms with Crippen molar-refractivity contribution < 1.29 is 14.0 Å². The molecule has 3 amide bonds. The number of furan rings is 1. The first-order valence-electron chi connectivity index (χ1n) is 9.76. The molecule has 1 aliphatic rings. The number of nitrogens with zero attached hydrogens (tertiary/aromatic N) is 2. The van der Waals surface area contributed by atoms with E-state index in [4.69, 9.17) is 4.42 Å². The van der Waals surface area contributed by atoms with Crippen molar-refractivity contribution in [3.05, 3.63) is 53.7 Å². The minimum Gasteiger partial charge on any atom is -0.456 e. The van der Waals surface area contributed by atoms with Gasteiger partial charge < -0.3 is 20.0 Å². The topological polar surface area (TPSA) is 87.5 Å². The standard InChI is InChI=1S/C21H28N4O3/c1-14(2)19(16-6-10-22-11-7-16)24-21(27)25-12-8-17(9-13-25)23-20(26)18-5-4-15(3)28-18/h4-7,10-11,14,17,19H,8-9,12-13H2,1-3H3,(H,23,26)(H,24,27)/t19-/m1/s1. The van der Waals surface area contributed by atoms with Crippen molar-refractivity contribution in [2.24, 2.45) is 5.92 Å². The summed E-state index contributed by atoms with van der Waals surface area (Å²) >= 11 is 0. The summed E-state index contributed by atoms with van der Waals surface area (Å²) in [6.45, 7) is 7.20. The van der Waals surface area contributed by atoms with Gasteiger partial charge in [-0.3, -0.25) is 9.78 Å². The summed E-state index contributed by atoms with van der Waals surface area (Å²) in [5.41, 5.74) is 1.05. The predicted molar refractivity (Wildman–Crippen MR) is 106 cm³/mol. The molecule has 7 heteroatoms. The molecule has 0 aromatic carbocycles. The molecule has 3 rings (SSSR count). The third-order valence-electron chi connectivity index (χ3n) is 5.09. The maximum atomic E-state index is 12.7. The number of amides is 3. The minimum absolute atomic E-state index is 0.0445. The van der Waals surface area contributed by atoms with Crippen molar-refractivity contribution in [1.29, 1.82) is 0 Å². The molecule has 2 N–H and O–H groups in total. The average molecular weight is 384 g/mol. The van der Waals surface area contributed by atoms with E-state index >= 15 is 0 Å². The Hall–Kier alpha value is -2.83. The molecular formula is C21H28N4O3. The summed E-state index contributed by atoms with van der Waals surface area (Å²) in [6.07, 6.45) is 4.93. The van der Waals surface area contributed by atoms with E-state index in [2.05, 4.69) is 29.5 Å². The Labute approximate surface area is 165 Å². The molecular weight excluding hydrogens is 356 g/mol. The Balaban J connectivity index is 1.51. The molecule has 1 atom stereocenters. The summed E-state index contributed by atoms with van der Waals surface area (Å²) in [4.78, 5) is 30.8. The van der Waals surface area contributed by atoms with Crippen LogP contribution in [0.25, 0.3) is 0 Å². The van der Waals surface area contributed by atoms with Crippen LogP contribution < -0.4 is 10.6 Å². The smallest absolute Gasteiger partial charge is 0.317 e. The Kier molecular flexibility index (Phi) is 6.34.